The molecule has 1 fully saturated rings. The first-order chi connectivity index (χ1) is 69.1. The number of likely N-dealkylation sites (N-methyl/N-ethyl adjacent to an activating group) is 2. The number of hydrogen-bond acceptors (Lipinski definition) is 35. The Balaban J connectivity index is 2.19. The summed E-state index contributed by atoms with van der Waals surface area (Å²) in [4.78, 5) is 259. The first kappa shape index (κ1) is 132. The third kappa shape index (κ3) is 50.1. The number of likely N-dealkylation sites (tertiary alicyclic amines) is 1. The Bertz CT molecular complexity index is 4340. The summed E-state index contributed by atoms with van der Waals surface area (Å²) in [6.07, 6.45) is -22.7. The highest BCUT2D eigenvalue weighted by Gasteiger charge is 2.45. The number of carboxylic acids is 1. The highest BCUT2D eigenvalue weighted by Crippen LogP contribution is 2.31. The zero-order chi connectivity index (χ0) is 111. The molecule has 15 amide bonds. The van der Waals surface area contributed by atoms with E-state index >= 15 is 0 Å². The Hall–Kier alpha value is -11.2. The van der Waals surface area contributed by atoms with E-state index in [1.54, 1.807) is 68.2 Å². The number of aliphatic hydroxyl groups is 10. The number of ketones is 2. The molecule has 51 heteroatoms. The van der Waals surface area contributed by atoms with Crippen LogP contribution in [0.3, 0.4) is 0 Å². The maximum atomic E-state index is 14.7. The number of methoxy groups -OCH3 is 2. The highest BCUT2D eigenvalue weighted by molar-refractivity contribution is 5.96. The largest absolute Gasteiger partial charge is 0.480 e. The van der Waals surface area contributed by atoms with E-state index in [0.29, 0.717) is 38.0 Å². The van der Waals surface area contributed by atoms with Crippen LogP contribution >= 0.6 is 0 Å². The zero-order valence-electron chi connectivity index (χ0n) is 87.1. The second-order valence-electron chi connectivity index (χ2n) is 38.7. The van der Waals surface area contributed by atoms with Crippen molar-refractivity contribution in [3.63, 3.8) is 0 Å². The molecule has 0 aromatic heterocycles. The Morgan fingerprint density at radius 1 is 0.497 bits per heavy atom. The van der Waals surface area contributed by atoms with Crippen LogP contribution in [-0.4, -0.2) is 426 Å². The van der Waals surface area contributed by atoms with Gasteiger partial charge in [0.15, 0.2) is 0 Å². The number of rotatable bonds is 73. The smallest absolute Gasteiger partial charge is 0.407 e. The topological polar surface area (TPSA) is 759 Å². The molecule has 21 atom stereocenters. The molecule has 1 aromatic rings. The molecular formula is C96H162N16O35. The number of Topliss-reactive ketones (excluding diaryl/α,β-unsaturated/α-hetero) is 2. The number of nitrogens with one attached hydrogen (secondary N) is 13. The quantitative estimate of drug-likeness (QED) is 0.0213. The van der Waals surface area contributed by atoms with Gasteiger partial charge in [-0.3, -0.25) is 86.4 Å². The van der Waals surface area contributed by atoms with Gasteiger partial charge in [-0.1, -0.05) is 113 Å². The lowest BCUT2D eigenvalue weighted by Crippen LogP contribution is -2.59. The summed E-state index contributed by atoms with van der Waals surface area (Å²) in [5.41, 5.74) is 0.599. The molecule has 0 bridgehead atoms. The molecular weight excluding hydrogens is 1940 g/mol. The van der Waals surface area contributed by atoms with Gasteiger partial charge in [0.2, 0.25) is 82.7 Å². The summed E-state index contributed by atoms with van der Waals surface area (Å²) >= 11 is 0. The average molecular weight is 2100 g/mol. The Labute approximate surface area is 856 Å². The van der Waals surface area contributed by atoms with Crippen molar-refractivity contribution in [2.75, 3.05) is 134 Å². The maximum Gasteiger partial charge on any atom is 0.407 e. The van der Waals surface area contributed by atoms with Crippen molar-refractivity contribution in [3.05, 3.63) is 35.9 Å². The molecule has 0 aliphatic carbocycles. The molecule has 24 N–H and O–H groups in total. The molecule has 1 aromatic carbocycles. The summed E-state index contributed by atoms with van der Waals surface area (Å²) in [6, 6.07) is -0.574. The normalized spacial score (nSPS) is 16.7. The van der Waals surface area contributed by atoms with Crippen LogP contribution in [0.1, 0.15) is 178 Å². The molecule has 1 saturated heterocycles. The Kier molecular flexibility index (Phi) is 62.0. The molecule has 2 rings (SSSR count). The molecule has 1 aliphatic rings. The van der Waals surface area contributed by atoms with Crippen molar-refractivity contribution < 1.29 is 171 Å². The van der Waals surface area contributed by atoms with Crippen molar-refractivity contribution in [1.29, 1.82) is 0 Å². The standard InChI is InChI=1S/C96H162N16O35/c1-17-55(6)81(111(14)92(138)79(53(2)3)109-91(137)80(54(4)5)110(12)13)70(143-15)43-78(128)112-38-21-25-65(112)86(144-16)57(8)87(133)108-63(42-58-23-19-18-20-24-58)89(135)98-35-22-39-146-94(141)56(7)41-60(116)27-30-62(93(139)140)105-73(123)33-37-99-95(142)147-51-64(106-77(127)48-103-76(126)47-102-75(125)46-101-74(124)45-100-71(121)32-36-97-72(122)34-40-145-52-96(9,10)11)90(136)107-61(88(134)104-44-67(118)83(130)85(132)69(120)50-114)29-26-59(115)28-31-66(117)82(129)84(131)68(119)49-113/h18-20,23-24,53-57,61-70,79-86,113-114,117-120,129-132H,17,21-22,25-52H2,1-16H3,(H,97,122)(H,98,135)(H,99,142)(H,100,121)(H,101,124)(H,102,125)(H,103,126)(H,104,134)(H,105,123)(H,106,127)(H,107,136)(H,108,133)(H,109,137)(H,139,140)/t55-,56+,57+,61?,62?,63-,64?,65-,66-,67-,68+,69+,70+,79?,80-,81-,82+,83+,84+,85+,86+/m0/s1. The van der Waals surface area contributed by atoms with Gasteiger partial charge in [-0.15, -0.1) is 0 Å². The number of ether oxygens (including phenoxy) is 5. The molecule has 4 unspecified atom stereocenters. The summed E-state index contributed by atoms with van der Waals surface area (Å²) in [7, 11) is 8.18. The number of esters is 1. The maximum absolute atomic E-state index is 14.7. The van der Waals surface area contributed by atoms with E-state index in [9.17, 15) is 142 Å². The minimum absolute atomic E-state index is 0.0495. The van der Waals surface area contributed by atoms with Crippen molar-refractivity contribution in [3.8, 4) is 0 Å². The number of aliphatic hydroxyl groups excluding tert-OH is 10. The summed E-state index contributed by atoms with van der Waals surface area (Å²) in [5.74, 6) is -17.1. The number of amides is 15. The first-order valence-corrected chi connectivity index (χ1v) is 49.4. The van der Waals surface area contributed by atoms with E-state index in [1.807, 2.05) is 67.2 Å². The number of nitrogens with zero attached hydrogens (tertiary/aromatic N) is 3. The summed E-state index contributed by atoms with van der Waals surface area (Å²) in [6.45, 7) is 12.9. The van der Waals surface area contributed by atoms with Crippen LogP contribution in [0.5, 0.6) is 0 Å². The lowest BCUT2D eigenvalue weighted by Gasteiger charge is -2.41. The summed E-state index contributed by atoms with van der Waals surface area (Å²) < 4.78 is 28.1. The average Bonchev–Trinajstić information content (AvgIpc) is 1.73. The minimum atomic E-state index is -2.24. The fourth-order valence-corrected chi connectivity index (χ4v) is 15.7. The number of alkyl carbamates (subject to hydrolysis) is 1. The van der Waals surface area contributed by atoms with E-state index in [-0.39, 0.29) is 105 Å². The molecule has 1 aliphatic heterocycles. The second-order valence-corrected chi connectivity index (χ2v) is 38.7. The predicted octanol–water partition coefficient (Wildman–Crippen LogP) is -7.02. The molecule has 51 nitrogen and oxygen atoms in total. The minimum Gasteiger partial charge on any atom is -0.480 e. The van der Waals surface area contributed by atoms with Gasteiger partial charge < -0.3 is 159 Å². The van der Waals surface area contributed by atoms with Crippen LogP contribution in [0.25, 0.3) is 0 Å². The van der Waals surface area contributed by atoms with Gasteiger partial charge in [-0.05, 0) is 81.4 Å². The third-order valence-corrected chi connectivity index (χ3v) is 24.3. The fourth-order valence-electron chi connectivity index (χ4n) is 15.7. The van der Waals surface area contributed by atoms with Crippen LogP contribution in [-0.2, 0) is 116 Å². The predicted molar refractivity (Wildman–Crippen MR) is 525 cm³/mol. The fraction of sp³-hybridized carbons (Fsp3) is 0.740. The van der Waals surface area contributed by atoms with Gasteiger partial charge in [0.1, 0.15) is 85.0 Å². The lowest BCUT2D eigenvalue weighted by atomic mass is 9.89. The van der Waals surface area contributed by atoms with Crippen LogP contribution in [0, 0.1) is 35.0 Å². The van der Waals surface area contributed by atoms with Crippen LogP contribution < -0.4 is 69.1 Å². The van der Waals surface area contributed by atoms with Crippen molar-refractivity contribution >= 4 is 112 Å². The van der Waals surface area contributed by atoms with Crippen LogP contribution in [0.15, 0.2) is 30.3 Å². The second kappa shape index (κ2) is 69.2. The number of carbonyl (C=O) groups excluding carboxylic acids is 18. The van der Waals surface area contributed by atoms with Gasteiger partial charge in [-0.2, -0.15) is 0 Å². The Morgan fingerprint density at radius 2 is 1.02 bits per heavy atom. The lowest BCUT2D eigenvalue weighted by molar-refractivity contribution is -0.149. The summed E-state index contributed by atoms with van der Waals surface area (Å²) in [5, 5.41) is 141. The molecule has 836 valence electrons. The molecule has 0 radical (unpaired) electrons. The van der Waals surface area contributed by atoms with Crippen LogP contribution in [0.2, 0.25) is 0 Å². The van der Waals surface area contributed by atoms with E-state index in [4.69, 9.17) is 28.8 Å². The molecule has 1 heterocycles. The van der Waals surface area contributed by atoms with E-state index in [0.717, 1.165) is 0 Å². The monoisotopic (exact) mass is 2100 g/mol. The number of hydrogen-bond donors (Lipinski definition) is 24. The molecule has 0 saturated carbocycles. The number of benzene rings is 1. The van der Waals surface area contributed by atoms with Gasteiger partial charge in [-0.25, -0.2) is 9.59 Å². The third-order valence-electron chi connectivity index (χ3n) is 24.3. The van der Waals surface area contributed by atoms with E-state index < -0.39 is 320 Å². The molecule has 0 spiro atoms. The van der Waals surface area contributed by atoms with Crippen molar-refractivity contribution in [1.82, 2.24) is 83.8 Å². The highest BCUT2D eigenvalue weighted by atomic mass is 16.6. The van der Waals surface area contributed by atoms with E-state index in [2.05, 4.69) is 69.1 Å². The zero-order valence-corrected chi connectivity index (χ0v) is 87.1. The van der Waals surface area contributed by atoms with Crippen LogP contribution in [0.4, 0.5) is 4.79 Å². The van der Waals surface area contributed by atoms with Crippen molar-refractivity contribution in [2.24, 2.45) is 35.0 Å². The van der Waals surface area contributed by atoms with Gasteiger partial charge in [0.05, 0.1) is 120 Å². The van der Waals surface area contributed by atoms with Gasteiger partial charge in [0.25, 0.3) is 0 Å². The number of aliphatic carboxylic acids is 1. The number of carboxylic acid groups (broad SMARTS) is 1. The number of carbonyl (C=O) groups is 19. The molecule has 147 heavy (non-hydrogen) atoms. The van der Waals surface area contributed by atoms with E-state index in [1.165, 1.54) is 21.1 Å². The Morgan fingerprint density at radius 3 is 1.57 bits per heavy atom. The van der Waals surface area contributed by atoms with Crippen molar-refractivity contribution in [2.45, 2.75) is 288 Å². The first-order valence-electron chi connectivity index (χ1n) is 49.4. The SMILES string of the molecule is CC[C@H](C)[C@@H]([C@@H](CC(=O)N1CCC[C@H]1[C@H](OC)[C@@H](C)C(=O)N[C@@H](Cc1ccccc1)C(=O)NCCCOC(=O)[C@H](C)CC(=O)CCC(NC(=O)CCNC(=O)OCC(NC(=O)CNC(=O)CNC(=O)CNC(=O)CNC(=O)CCNC(=O)CCOCC(C)(C)C)C(=O)NC(CCC(=O)CC[C@H](O)[C@@H](O)[C@H](O)[C@H](O)CO)C(=O)NC[C@H](O)[C@@H](O)[C@H](O)[C@H](O)CO)C(=O)O)OC)N(C)C(=O)C(NC(=O)[C@H](C(C)C)N(C)C)C(C)C. The van der Waals surface area contributed by atoms with Gasteiger partial charge >= 0.3 is 18.0 Å². The van der Waals surface area contributed by atoms with Gasteiger partial charge in [0, 0.05) is 105 Å².